The normalized spacial score (nSPS) is 22.0. The molecule has 150 valence electrons. The van der Waals surface area contributed by atoms with E-state index in [1.54, 1.807) is 17.0 Å². The van der Waals surface area contributed by atoms with Gasteiger partial charge in [0.15, 0.2) is 0 Å². The largest absolute Gasteiger partial charge is 0.376 e. The summed E-state index contributed by atoms with van der Waals surface area (Å²) < 4.78 is 8.15. The Morgan fingerprint density at radius 2 is 2.29 bits per heavy atom. The number of carbonyl (C=O) groups excluding carboxylic acids is 1. The Hall–Kier alpha value is -1.38. The molecule has 1 aromatic heterocycles. The van der Waals surface area contributed by atoms with Crippen LogP contribution in [0.1, 0.15) is 25.7 Å². The highest BCUT2D eigenvalue weighted by Gasteiger charge is 2.30. The molecule has 6 nitrogen and oxygen atoms in total. The maximum atomic E-state index is 13.0. The molecule has 0 spiro atoms. The van der Waals surface area contributed by atoms with Crippen molar-refractivity contribution in [2.24, 2.45) is 0 Å². The van der Waals surface area contributed by atoms with Crippen LogP contribution < -0.4 is 5.56 Å². The molecule has 0 aliphatic carbocycles. The molecule has 1 aromatic carbocycles. The lowest BCUT2D eigenvalue weighted by atomic mass is 10.1. The summed E-state index contributed by atoms with van der Waals surface area (Å²) in [4.78, 5) is 32.2. The molecule has 2 aromatic rings. The molecule has 3 heterocycles. The first-order valence-electron chi connectivity index (χ1n) is 9.75. The Bertz CT molecular complexity index is 907. The summed E-state index contributed by atoms with van der Waals surface area (Å²) in [6.45, 7) is 1.80. The minimum absolute atomic E-state index is 0.101. The number of ether oxygens (including phenoxy) is 1. The molecule has 2 aliphatic rings. The number of amides is 1. The van der Waals surface area contributed by atoms with Gasteiger partial charge in [-0.05, 0) is 43.2 Å². The van der Waals surface area contributed by atoms with Crippen LogP contribution in [0.15, 0.2) is 33.8 Å². The van der Waals surface area contributed by atoms with Crippen molar-refractivity contribution in [1.29, 1.82) is 0 Å². The van der Waals surface area contributed by atoms with Crippen molar-refractivity contribution < 1.29 is 9.53 Å². The molecule has 1 amide bonds. The summed E-state index contributed by atoms with van der Waals surface area (Å²) in [6, 6.07) is 5.74. The van der Waals surface area contributed by atoms with Gasteiger partial charge in [-0.25, -0.2) is 4.98 Å². The lowest BCUT2D eigenvalue weighted by Crippen LogP contribution is -2.45. The molecule has 28 heavy (non-hydrogen) atoms. The molecule has 2 aliphatic heterocycles. The average molecular weight is 466 g/mol. The van der Waals surface area contributed by atoms with Crippen LogP contribution >= 0.6 is 27.7 Å². The molecule has 2 saturated heterocycles. The van der Waals surface area contributed by atoms with Gasteiger partial charge in [-0.15, -0.1) is 0 Å². The second-order valence-corrected chi connectivity index (χ2v) is 9.42. The fraction of sp³-hybridized carbons (Fsp3) is 0.550. The summed E-state index contributed by atoms with van der Waals surface area (Å²) >= 11 is 5.30. The van der Waals surface area contributed by atoms with Gasteiger partial charge < -0.3 is 9.64 Å². The number of halogens is 1. The van der Waals surface area contributed by atoms with Crippen molar-refractivity contribution in [1.82, 2.24) is 14.5 Å². The molecule has 0 saturated carbocycles. The van der Waals surface area contributed by atoms with Gasteiger partial charge >= 0.3 is 0 Å². The monoisotopic (exact) mass is 465 g/mol. The smallest absolute Gasteiger partial charge is 0.261 e. The summed E-state index contributed by atoms with van der Waals surface area (Å²) in [5.41, 5.74) is 0.556. The van der Waals surface area contributed by atoms with E-state index in [4.69, 9.17) is 4.74 Å². The maximum Gasteiger partial charge on any atom is 0.261 e. The Labute approximate surface area is 176 Å². The number of nitrogens with zero attached hydrogens (tertiary/aromatic N) is 3. The van der Waals surface area contributed by atoms with Crippen LogP contribution in [0.25, 0.3) is 10.9 Å². The Balaban J connectivity index is 1.47. The van der Waals surface area contributed by atoms with Crippen LogP contribution in [0.4, 0.5) is 0 Å². The van der Waals surface area contributed by atoms with Crippen LogP contribution in [0.5, 0.6) is 0 Å². The van der Waals surface area contributed by atoms with E-state index in [0.717, 1.165) is 41.8 Å². The highest BCUT2D eigenvalue weighted by atomic mass is 79.9. The molecule has 0 N–H and O–H groups in total. The summed E-state index contributed by atoms with van der Waals surface area (Å²) in [5.74, 6) is 2.19. The van der Waals surface area contributed by atoms with E-state index < -0.39 is 0 Å². The van der Waals surface area contributed by atoms with Gasteiger partial charge in [-0.3, -0.25) is 14.2 Å². The molecule has 2 fully saturated rings. The molecule has 2 atom stereocenters. The van der Waals surface area contributed by atoms with E-state index in [2.05, 4.69) is 20.9 Å². The number of rotatable bonds is 6. The summed E-state index contributed by atoms with van der Waals surface area (Å²) in [7, 11) is 0. The van der Waals surface area contributed by atoms with Crippen molar-refractivity contribution in [2.45, 2.75) is 44.4 Å². The number of hydrogen-bond donors (Lipinski definition) is 0. The highest BCUT2D eigenvalue weighted by molar-refractivity contribution is 9.10. The zero-order chi connectivity index (χ0) is 19.5. The lowest BCUT2D eigenvalue weighted by Gasteiger charge is -2.31. The SMILES string of the molecule is O=C(CCn1cnc2ccc(Br)cc2c1=O)N(CC1CCCO1)C1CCSC1. The van der Waals surface area contributed by atoms with Gasteiger partial charge in [0.05, 0.1) is 23.3 Å². The summed E-state index contributed by atoms with van der Waals surface area (Å²) in [5, 5.41) is 0.563. The van der Waals surface area contributed by atoms with Crippen LogP contribution in [-0.2, 0) is 16.1 Å². The van der Waals surface area contributed by atoms with Crippen LogP contribution in [-0.4, -0.2) is 57.2 Å². The number of benzene rings is 1. The van der Waals surface area contributed by atoms with Gasteiger partial charge in [0, 0.05) is 42.4 Å². The van der Waals surface area contributed by atoms with Crippen molar-refractivity contribution in [2.75, 3.05) is 24.7 Å². The van der Waals surface area contributed by atoms with Crippen LogP contribution in [0, 0.1) is 0 Å². The standard InChI is InChI=1S/C20H24BrN3O3S/c21-14-3-4-18-17(10-14)20(26)23(13-22-18)7-5-19(25)24(15-6-9-28-12-15)11-16-2-1-8-27-16/h3-4,10,13,15-16H,1-2,5-9,11-12H2. The van der Waals surface area contributed by atoms with Crippen molar-refractivity contribution >= 4 is 44.5 Å². The van der Waals surface area contributed by atoms with Gasteiger partial charge in [0.25, 0.3) is 5.56 Å². The summed E-state index contributed by atoms with van der Waals surface area (Å²) in [6.07, 6.45) is 5.12. The fourth-order valence-corrected chi connectivity index (χ4v) is 5.47. The number of carbonyl (C=O) groups is 1. The minimum Gasteiger partial charge on any atom is -0.376 e. The molecular formula is C20H24BrN3O3S. The van der Waals surface area contributed by atoms with E-state index in [0.29, 0.717) is 30.4 Å². The van der Waals surface area contributed by atoms with Crippen molar-refractivity contribution in [3.63, 3.8) is 0 Å². The van der Waals surface area contributed by atoms with Gasteiger partial charge in [-0.1, -0.05) is 15.9 Å². The number of thioether (sulfide) groups is 1. The Kier molecular flexibility index (Phi) is 6.38. The van der Waals surface area contributed by atoms with Crippen LogP contribution in [0.2, 0.25) is 0 Å². The lowest BCUT2D eigenvalue weighted by molar-refractivity contribution is -0.135. The quantitative estimate of drug-likeness (QED) is 0.655. The van der Waals surface area contributed by atoms with Gasteiger partial charge in [-0.2, -0.15) is 11.8 Å². The second kappa shape index (κ2) is 8.97. The number of aryl methyl sites for hydroxylation is 1. The van der Waals surface area contributed by atoms with E-state index >= 15 is 0 Å². The third-order valence-corrected chi connectivity index (χ3v) is 7.08. The zero-order valence-electron chi connectivity index (χ0n) is 15.7. The molecule has 8 heteroatoms. The van der Waals surface area contributed by atoms with E-state index in [1.165, 1.54) is 0 Å². The van der Waals surface area contributed by atoms with E-state index in [1.807, 2.05) is 28.8 Å². The minimum atomic E-state index is -0.110. The fourth-order valence-electron chi connectivity index (χ4n) is 3.88. The first-order chi connectivity index (χ1) is 13.6. The predicted molar refractivity (Wildman–Crippen MR) is 115 cm³/mol. The predicted octanol–water partition coefficient (Wildman–Crippen LogP) is 3.06. The highest BCUT2D eigenvalue weighted by Crippen LogP contribution is 2.25. The molecule has 0 bridgehead atoms. The average Bonchev–Trinajstić information content (AvgIpc) is 3.40. The van der Waals surface area contributed by atoms with Crippen molar-refractivity contribution in [3.05, 3.63) is 39.4 Å². The Morgan fingerprint density at radius 3 is 3.04 bits per heavy atom. The maximum absolute atomic E-state index is 13.0. The molecule has 2 unspecified atom stereocenters. The zero-order valence-corrected chi connectivity index (χ0v) is 18.1. The van der Waals surface area contributed by atoms with Gasteiger partial charge in [0.1, 0.15) is 0 Å². The molecule has 0 radical (unpaired) electrons. The molecular weight excluding hydrogens is 442 g/mol. The van der Waals surface area contributed by atoms with Crippen LogP contribution in [0.3, 0.4) is 0 Å². The number of hydrogen-bond acceptors (Lipinski definition) is 5. The van der Waals surface area contributed by atoms with E-state index in [9.17, 15) is 9.59 Å². The van der Waals surface area contributed by atoms with E-state index in [-0.39, 0.29) is 23.6 Å². The first kappa shape index (κ1) is 19.9. The van der Waals surface area contributed by atoms with Crippen molar-refractivity contribution in [3.8, 4) is 0 Å². The number of aromatic nitrogens is 2. The molecule has 4 rings (SSSR count). The Morgan fingerprint density at radius 1 is 1.39 bits per heavy atom. The van der Waals surface area contributed by atoms with Gasteiger partial charge in [0.2, 0.25) is 5.91 Å². The third-order valence-electron chi connectivity index (χ3n) is 5.44. The topological polar surface area (TPSA) is 64.4 Å². The first-order valence-corrected chi connectivity index (χ1v) is 11.7. The number of fused-ring (bicyclic) bond motifs is 1. The second-order valence-electron chi connectivity index (χ2n) is 7.35. The third kappa shape index (κ3) is 4.44.